The number of carbonyl (C=O) groups is 1. The third-order valence-electron chi connectivity index (χ3n) is 2.80. The van der Waals surface area contributed by atoms with E-state index in [1.165, 1.54) is 19.1 Å². The number of non-ortho nitro benzene ring substituents is 1. The summed E-state index contributed by atoms with van der Waals surface area (Å²) >= 11 is 0. The van der Waals surface area contributed by atoms with Crippen molar-refractivity contribution in [3.8, 4) is 5.75 Å². The largest absolute Gasteiger partial charge is 0.424 e. The Morgan fingerprint density at radius 1 is 1.04 bits per heavy atom. The molecule has 0 bridgehead atoms. The molecule has 0 spiro atoms. The summed E-state index contributed by atoms with van der Waals surface area (Å²) in [4.78, 5) is 31.5. The molecule has 118 valence electrons. The molecule has 9 heteroatoms. The molecule has 0 saturated heterocycles. The minimum absolute atomic E-state index is 0.0419. The van der Waals surface area contributed by atoms with Crippen molar-refractivity contribution in [2.75, 3.05) is 5.32 Å². The van der Waals surface area contributed by atoms with Gasteiger partial charge in [-0.25, -0.2) is 0 Å². The number of nitrogens with one attached hydrogen (secondary N) is 1. The highest BCUT2D eigenvalue weighted by atomic mass is 16.6. The first-order valence-corrected chi connectivity index (χ1v) is 6.36. The van der Waals surface area contributed by atoms with Crippen molar-refractivity contribution in [2.24, 2.45) is 0 Å². The topological polar surface area (TPSA) is 125 Å². The molecule has 1 N–H and O–H groups in total. The predicted octanol–water partition coefficient (Wildman–Crippen LogP) is 3.17. The van der Waals surface area contributed by atoms with E-state index in [1.54, 1.807) is 18.2 Å². The normalized spacial score (nSPS) is 9.96. The second-order valence-electron chi connectivity index (χ2n) is 4.43. The number of carbonyl (C=O) groups excluding carboxylic acids is 1. The van der Waals surface area contributed by atoms with Crippen LogP contribution in [-0.2, 0) is 4.79 Å². The number of hydrogen-bond donors (Lipinski definition) is 1. The fraction of sp³-hybridized carbons (Fsp3) is 0.0714. The average Bonchev–Trinajstić information content (AvgIpc) is 2.48. The Balaban J connectivity index is 2.42. The number of benzene rings is 2. The van der Waals surface area contributed by atoms with E-state index in [0.717, 1.165) is 12.1 Å². The van der Waals surface area contributed by atoms with Crippen LogP contribution in [-0.4, -0.2) is 15.8 Å². The van der Waals surface area contributed by atoms with Gasteiger partial charge in [0.15, 0.2) is 5.75 Å². The number of para-hydroxylation sites is 2. The summed E-state index contributed by atoms with van der Waals surface area (Å²) in [6, 6.07) is 9.58. The second kappa shape index (κ2) is 6.52. The number of rotatable bonds is 5. The Kier molecular flexibility index (Phi) is 4.50. The SMILES string of the molecule is CC(=O)Oc1ccccc1Nc1ccc([N+](=O)[O-])cc1[N+](=O)[O-]. The molecule has 0 aliphatic carbocycles. The highest BCUT2D eigenvalue weighted by molar-refractivity contribution is 5.77. The number of ether oxygens (including phenoxy) is 1. The Morgan fingerprint density at radius 3 is 2.35 bits per heavy atom. The molecule has 2 aromatic rings. The van der Waals surface area contributed by atoms with Crippen LogP contribution in [0.25, 0.3) is 0 Å². The molecule has 2 aromatic carbocycles. The zero-order chi connectivity index (χ0) is 17.0. The molecule has 23 heavy (non-hydrogen) atoms. The Hall–Kier alpha value is -3.49. The van der Waals surface area contributed by atoms with Crippen LogP contribution in [0.15, 0.2) is 42.5 Å². The Bertz CT molecular complexity index is 790. The summed E-state index contributed by atoms with van der Waals surface area (Å²) in [5, 5.41) is 24.6. The number of nitro benzene ring substituents is 2. The van der Waals surface area contributed by atoms with Gasteiger partial charge in [-0.1, -0.05) is 12.1 Å². The molecule has 0 fully saturated rings. The van der Waals surface area contributed by atoms with Crippen LogP contribution in [0.4, 0.5) is 22.7 Å². The van der Waals surface area contributed by atoms with E-state index < -0.39 is 27.2 Å². The van der Waals surface area contributed by atoms with Gasteiger partial charge < -0.3 is 10.1 Å². The van der Waals surface area contributed by atoms with Crippen LogP contribution in [0, 0.1) is 20.2 Å². The van der Waals surface area contributed by atoms with Crippen molar-refractivity contribution in [1.29, 1.82) is 0 Å². The molecule has 0 atom stereocenters. The lowest BCUT2D eigenvalue weighted by Crippen LogP contribution is -2.05. The second-order valence-corrected chi connectivity index (χ2v) is 4.43. The maximum atomic E-state index is 11.1. The zero-order valence-corrected chi connectivity index (χ0v) is 11.9. The van der Waals surface area contributed by atoms with Crippen molar-refractivity contribution in [3.05, 3.63) is 62.7 Å². The van der Waals surface area contributed by atoms with Gasteiger partial charge in [-0.15, -0.1) is 0 Å². The van der Waals surface area contributed by atoms with Gasteiger partial charge in [0.1, 0.15) is 5.69 Å². The summed E-state index contributed by atoms with van der Waals surface area (Å²) in [7, 11) is 0. The van der Waals surface area contributed by atoms with Gasteiger partial charge in [-0.2, -0.15) is 0 Å². The summed E-state index contributed by atoms with van der Waals surface area (Å²) in [5.74, 6) is -0.356. The molecule has 2 rings (SSSR count). The van der Waals surface area contributed by atoms with E-state index in [-0.39, 0.29) is 11.4 Å². The lowest BCUT2D eigenvalue weighted by atomic mass is 10.2. The summed E-state index contributed by atoms with van der Waals surface area (Å²) in [6.07, 6.45) is 0. The summed E-state index contributed by atoms with van der Waals surface area (Å²) in [5.41, 5.74) is -0.493. The standard InChI is InChI=1S/C14H11N3O6/c1-9(18)23-14-5-3-2-4-12(14)15-11-7-6-10(16(19)20)8-13(11)17(21)22/h2-8,15H,1H3. The minimum Gasteiger partial charge on any atom is -0.424 e. The first kappa shape index (κ1) is 15.9. The number of anilines is 2. The third-order valence-corrected chi connectivity index (χ3v) is 2.80. The molecule has 0 heterocycles. The molecule has 0 aliphatic rings. The molecule has 0 radical (unpaired) electrons. The van der Waals surface area contributed by atoms with Crippen LogP contribution in [0.3, 0.4) is 0 Å². The average molecular weight is 317 g/mol. The number of nitro groups is 2. The lowest BCUT2D eigenvalue weighted by Gasteiger charge is -2.11. The van der Waals surface area contributed by atoms with Gasteiger partial charge in [-0.05, 0) is 18.2 Å². The van der Waals surface area contributed by atoms with Crippen LogP contribution >= 0.6 is 0 Å². The molecule has 0 saturated carbocycles. The van der Waals surface area contributed by atoms with Gasteiger partial charge in [0.2, 0.25) is 0 Å². The monoisotopic (exact) mass is 317 g/mol. The number of nitrogens with zero attached hydrogens (tertiary/aromatic N) is 2. The number of esters is 1. The molecular formula is C14H11N3O6. The van der Waals surface area contributed by atoms with Gasteiger partial charge >= 0.3 is 5.97 Å². The van der Waals surface area contributed by atoms with E-state index in [1.807, 2.05) is 0 Å². The van der Waals surface area contributed by atoms with Crippen LogP contribution < -0.4 is 10.1 Å². The van der Waals surface area contributed by atoms with Crippen LogP contribution in [0.5, 0.6) is 5.75 Å². The quantitative estimate of drug-likeness (QED) is 0.388. The van der Waals surface area contributed by atoms with E-state index in [0.29, 0.717) is 5.69 Å². The van der Waals surface area contributed by atoms with E-state index in [9.17, 15) is 25.0 Å². The first-order chi connectivity index (χ1) is 10.9. The minimum atomic E-state index is -0.732. The molecule has 9 nitrogen and oxygen atoms in total. The Labute approximate surface area is 129 Å². The van der Waals surface area contributed by atoms with E-state index in [4.69, 9.17) is 4.74 Å². The van der Waals surface area contributed by atoms with Crippen LogP contribution in [0.1, 0.15) is 6.92 Å². The maximum absolute atomic E-state index is 11.1. The van der Waals surface area contributed by atoms with Gasteiger partial charge in [0, 0.05) is 13.0 Å². The molecule has 0 unspecified atom stereocenters. The van der Waals surface area contributed by atoms with Gasteiger partial charge in [0.25, 0.3) is 11.4 Å². The fourth-order valence-corrected chi connectivity index (χ4v) is 1.85. The summed E-state index contributed by atoms with van der Waals surface area (Å²) < 4.78 is 5.00. The maximum Gasteiger partial charge on any atom is 0.308 e. The van der Waals surface area contributed by atoms with Gasteiger partial charge in [-0.3, -0.25) is 25.0 Å². The molecular weight excluding hydrogens is 306 g/mol. The lowest BCUT2D eigenvalue weighted by molar-refractivity contribution is -0.393. The van der Waals surface area contributed by atoms with Crippen molar-refractivity contribution in [3.63, 3.8) is 0 Å². The first-order valence-electron chi connectivity index (χ1n) is 6.36. The molecule has 0 aromatic heterocycles. The highest BCUT2D eigenvalue weighted by Crippen LogP contribution is 2.34. The van der Waals surface area contributed by atoms with Crippen molar-refractivity contribution < 1.29 is 19.4 Å². The van der Waals surface area contributed by atoms with E-state index in [2.05, 4.69) is 5.32 Å². The Morgan fingerprint density at radius 2 is 1.74 bits per heavy atom. The zero-order valence-electron chi connectivity index (χ0n) is 11.9. The fourth-order valence-electron chi connectivity index (χ4n) is 1.85. The highest BCUT2D eigenvalue weighted by Gasteiger charge is 2.20. The van der Waals surface area contributed by atoms with E-state index >= 15 is 0 Å². The molecule has 0 amide bonds. The van der Waals surface area contributed by atoms with Crippen molar-refractivity contribution >= 4 is 28.7 Å². The summed E-state index contributed by atoms with van der Waals surface area (Å²) in [6.45, 7) is 1.23. The number of hydrogen-bond acceptors (Lipinski definition) is 7. The third kappa shape index (κ3) is 3.79. The van der Waals surface area contributed by atoms with Crippen molar-refractivity contribution in [1.82, 2.24) is 0 Å². The van der Waals surface area contributed by atoms with Gasteiger partial charge in [0.05, 0.1) is 21.6 Å². The smallest absolute Gasteiger partial charge is 0.308 e. The predicted molar refractivity (Wildman–Crippen MR) is 80.8 cm³/mol. The van der Waals surface area contributed by atoms with Crippen LogP contribution in [0.2, 0.25) is 0 Å². The van der Waals surface area contributed by atoms with Crippen molar-refractivity contribution in [2.45, 2.75) is 6.92 Å². The molecule has 0 aliphatic heterocycles.